The highest BCUT2D eigenvalue weighted by molar-refractivity contribution is 5.79. The summed E-state index contributed by atoms with van der Waals surface area (Å²) in [6.07, 6.45) is 2.44. The first kappa shape index (κ1) is 17.0. The fourth-order valence-electron chi connectivity index (χ4n) is 3.67. The molecule has 1 atom stereocenters. The van der Waals surface area contributed by atoms with Crippen LogP contribution in [-0.2, 0) is 27.4 Å². The lowest BCUT2D eigenvalue weighted by atomic mass is 9.94. The van der Waals surface area contributed by atoms with Gasteiger partial charge in [-0.05, 0) is 24.0 Å². The van der Waals surface area contributed by atoms with E-state index in [1.807, 2.05) is 22.9 Å². The maximum atomic E-state index is 12.7. The average Bonchev–Trinajstić information content (AvgIpc) is 2.61. The summed E-state index contributed by atoms with van der Waals surface area (Å²) in [5, 5.41) is 0. The molecule has 2 heterocycles. The highest BCUT2D eigenvalue weighted by Crippen LogP contribution is 2.23. The second-order valence-corrected chi connectivity index (χ2v) is 6.90. The number of amides is 2. The van der Waals surface area contributed by atoms with Gasteiger partial charge in [-0.2, -0.15) is 0 Å². The van der Waals surface area contributed by atoms with E-state index in [9.17, 15) is 9.59 Å². The first-order valence-corrected chi connectivity index (χ1v) is 8.73. The number of likely N-dealkylation sites (tertiary alicyclic amines) is 1. The number of ether oxygens (including phenoxy) is 1. The summed E-state index contributed by atoms with van der Waals surface area (Å²) in [6, 6.07) is 8.33. The molecule has 1 aromatic carbocycles. The number of nitrogens with zero attached hydrogens (tertiary/aromatic N) is 2. The van der Waals surface area contributed by atoms with E-state index in [-0.39, 0.29) is 23.8 Å². The van der Waals surface area contributed by atoms with Crippen LogP contribution in [0.25, 0.3) is 0 Å². The lowest BCUT2D eigenvalue weighted by Crippen LogP contribution is -2.45. The predicted octanol–water partition coefficient (Wildman–Crippen LogP) is 1.84. The highest BCUT2D eigenvalue weighted by atomic mass is 16.5. The summed E-state index contributed by atoms with van der Waals surface area (Å²) in [7, 11) is 1.86. The summed E-state index contributed by atoms with van der Waals surface area (Å²) in [5.41, 5.74) is 2.57. The molecule has 24 heavy (non-hydrogen) atoms. The zero-order chi connectivity index (χ0) is 17.1. The molecule has 130 valence electrons. The standard InChI is InChI=1S/C19H26N2O3/c1-14(22)21-9-7-15(8-10-21)19(23)20(2)12-18-11-16-5-3-4-6-17(16)13-24-18/h3-6,15,18H,7-13H2,1-2H3. The molecule has 0 aromatic heterocycles. The van der Waals surface area contributed by atoms with Crippen molar-refractivity contribution in [1.82, 2.24) is 9.80 Å². The molecular weight excluding hydrogens is 304 g/mol. The van der Waals surface area contributed by atoms with Crippen molar-refractivity contribution < 1.29 is 14.3 Å². The zero-order valence-electron chi connectivity index (χ0n) is 14.5. The molecule has 2 amide bonds. The summed E-state index contributed by atoms with van der Waals surface area (Å²) in [6.45, 7) is 4.21. The second kappa shape index (κ2) is 7.34. The van der Waals surface area contributed by atoms with Gasteiger partial charge in [0.2, 0.25) is 11.8 Å². The Hall–Kier alpha value is -1.88. The fraction of sp³-hybridized carbons (Fsp3) is 0.579. The number of piperidine rings is 1. The van der Waals surface area contributed by atoms with Gasteiger partial charge in [0.15, 0.2) is 0 Å². The number of benzene rings is 1. The fourth-order valence-corrected chi connectivity index (χ4v) is 3.67. The summed E-state index contributed by atoms with van der Waals surface area (Å²) in [5.74, 6) is 0.311. The number of fused-ring (bicyclic) bond motifs is 1. The van der Waals surface area contributed by atoms with Gasteiger partial charge >= 0.3 is 0 Å². The summed E-state index contributed by atoms with van der Waals surface area (Å²) >= 11 is 0. The van der Waals surface area contributed by atoms with Crippen molar-refractivity contribution in [3.63, 3.8) is 0 Å². The van der Waals surface area contributed by atoms with Gasteiger partial charge in [-0.3, -0.25) is 9.59 Å². The van der Waals surface area contributed by atoms with E-state index in [1.165, 1.54) is 11.1 Å². The minimum atomic E-state index is 0.0291. The number of hydrogen-bond donors (Lipinski definition) is 0. The molecule has 5 nitrogen and oxygen atoms in total. The molecule has 0 aliphatic carbocycles. The molecule has 2 aliphatic heterocycles. The molecule has 0 N–H and O–H groups in total. The van der Waals surface area contributed by atoms with Crippen molar-refractivity contribution in [1.29, 1.82) is 0 Å². The second-order valence-electron chi connectivity index (χ2n) is 6.90. The van der Waals surface area contributed by atoms with Crippen LogP contribution in [0.4, 0.5) is 0 Å². The van der Waals surface area contributed by atoms with E-state index in [0.29, 0.717) is 26.2 Å². The van der Waals surface area contributed by atoms with E-state index >= 15 is 0 Å². The molecule has 0 saturated carbocycles. The van der Waals surface area contributed by atoms with Gasteiger partial charge in [-0.1, -0.05) is 24.3 Å². The normalized spacial score (nSPS) is 21.2. The lowest BCUT2D eigenvalue weighted by Gasteiger charge is -2.34. The molecule has 1 saturated heterocycles. The Labute approximate surface area is 143 Å². The van der Waals surface area contributed by atoms with Crippen molar-refractivity contribution in [2.75, 3.05) is 26.7 Å². The number of likely N-dealkylation sites (N-methyl/N-ethyl adjacent to an activating group) is 1. The monoisotopic (exact) mass is 330 g/mol. The van der Waals surface area contributed by atoms with Gasteiger partial charge < -0.3 is 14.5 Å². The van der Waals surface area contributed by atoms with Gasteiger partial charge in [-0.15, -0.1) is 0 Å². The SMILES string of the molecule is CC(=O)N1CCC(C(=O)N(C)CC2Cc3ccccc3CO2)CC1. The Morgan fingerprint density at radius 2 is 1.88 bits per heavy atom. The maximum absolute atomic E-state index is 12.7. The van der Waals surface area contributed by atoms with Crippen molar-refractivity contribution in [3.05, 3.63) is 35.4 Å². The smallest absolute Gasteiger partial charge is 0.225 e. The van der Waals surface area contributed by atoms with E-state index in [4.69, 9.17) is 4.74 Å². The van der Waals surface area contributed by atoms with Gasteiger partial charge in [0.1, 0.15) is 0 Å². The lowest BCUT2D eigenvalue weighted by molar-refractivity contribution is -0.140. The van der Waals surface area contributed by atoms with Crippen LogP contribution < -0.4 is 0 Å². The van der Waals surface area contributed by atoms with Crippen molar-refractivity contribution in [2.24, 2.45) is 5.92 Å². The van der Waals surface area contributed by atoms with E-state index in [0.717, 1.165) is 19.3 Å². The molecule has 1 aromatic rings. The molecule has 0 spiro atoms. The topological polar surface area (TPSA) is 49.9 Å². The van der Waals surface area contributed by atoms with Crippen molar-refractivity contribution in [3.8, 4) is 0 Å². The Balaban J connectivity index is 1.51. The molecular formula is C19H26N2O3. The molecule has 0 radical (unpaired) electrons. The zero-order valence-corrected chi connectivity index (χ0v) is 14.5. The Morgan fingerprint density at radius 1 is 1.21 bits per heavy atom. The average molecular weight is 330 g/mol. The molecule has 2 aliphatic rings. The van der Waals surface area contributed by atoms with Crippen LogP contribution >= 0.6 is 0 Å². The van der Waals surface area contributed by atoms with Crippen LogP contribution in [0.2, 0.25) is 0 Å². The summed E-state index contributed by atoms with van der Waals surface area (Å²) in [4.78, 5) is 27.7. The van der Waals surface area contributed by atoms with Gasteiger partial charge in [0.25, 0.3) is 0 Å². The van der Waals surface area contributed by atoms with Crippen LogP contribution in [0.3, 0.4) is 0 Å². The number of carbonyl (C=O) groups excluding carboxylic acids is 2. The molecule has 0 bridgehead atoms. The Bertz CT molecular complexity index is 608. The third kappa shape index (κ3) is 3.78. The minimum absolute atomic E-state index is 0.0291. The molecule has 5 heteroatoms. The van der Waals surface area contributed by atoms with E-state index < -0.39 is 0 Å². The first-order valence-electron chi connectivity index (χ1n) is 8.73. The van der Waals surface area contributed by atoms with Crippen LogP contribution in [0.5, 0.6) is 0 Å². The van der Waals surface area contributed by atoms with E-state index in [1.54, 1.807) is 6.92 Å². The predicted molar refractivity (Wildman–Crippen MR) is 91.3 cm³/mol. The third-order valence-corrected chi connectivity index (χ3v) is 5.18. The molecule has 1 unspecified atom stereocenters. The Kier molecular flexibility index (Phi) is 5.19. The van der Waals surface area contributed by atoms with Gasteiger partial charge in [0, 0.05) is 45.9 Å². The minimum Gasteiger partial charge on any atom is -0.371 e. The third-order valence-electron chi connectivity index (χ3n) is 5.18. The van der Waals surface area contributed by atoms with Crippen LogP contribution in [0.15, 0.2) is 24.3 Å². The van der Waals surface area contributed by atoms with Crippen LogP contribution in [-0.4, -0.2) is 54.4 Å². The number of carbonyl (C=O) groups is 2. The number of hydrogen-bond acceptors (Lipinski definition) is 3. The van der Waals surface area contributed by atoms with Gasteiger partial charge in [0.05, 0.1) is 12.7 Å². The Morgan fingerprint density at radius 3 is 2.54 bits per heavy atom. The maximum Gasteiger partial charge on any atom is 0.225 e. The van der Waals surface area contributed by atoms with Gasteiger partial charge in [-0.25, -0.2) is 0 Å². The quantitative estimate of drug-likeness (QED) is 0.850. The largest absolute Gasteiger partial charge is 0.371 e. The summed E-state index contributed by atoms with van der Waals surface area (Å²) < 4.78 is 5.91. The molecule has 1 fully saturated rings. The van der Waals surface area contributed by atoms with Crippen LogP contribution in [0.1, 0.15) is 30.9 Å². The van der Waals surface area contributed by atoms with Crippen LogP contribution in [0, 0.1) is 5.92 Å². The highest BCUT2D eigenvalue weighted by Gasteiger charge is 2.29. The first-order chi connectivity index (χ1) is 11.5. The van der Waals surface area contributed by atoms with Crippen molar-refractivity contribution in [2.45, 2.75) is 38.9 Å². The van der Waals surface area contributed by atoms with E-state index in [2.05, 4.69) is 18.2 Å². The van der Waals surface area contributed by atoms with Crippen molar-refractivity contribution >= 4 is 11.8 Å². The number of rotatable bonds is 3. The molecule has 3 rings (SSSR count).